The maximum Gasteiger partial charge on any atom is 0.0757 e. The van der Waals surface area contributed by atoms with Crippen LogP contribution in [0.3, 0.4) is 0 Å². The third-order valence-electron chi connectivity index (χ3n) is 3.29. The number of hydrogen-bond donors (Lipinski definition) is 1. The largest absolute Gasteiger partial charge is 0.380 e. The summed E-state index contributed by atoms with van der Waals surface area (Å²) in [7, 11) is 0. The van der Waals surface area contributed by atoms with Crippen molar-refractivity contribution in [3.05, 3.63) is 0 Å². The molecule has 0 aromatic heterocycles. The van der Waals surface area contributed by atoms with Crippen molar-refractivity contribution in [1.29, 1.82) is 0 Å². The SMILES string of the molecule is CCOCC(C)NC1CCOC1C1CC1. The van der Waals surface area contributed by atoms with Crippen molar-refractivity contribution in [3.63, 3.8) is 0 Å². The van der Waals surface area contributed by atoms with Crippen LogP contribution in [0, 0.1) is 5.92 Å². The van der Waals surface area contributed by atoms with Gasteiger partial charge in [0, 0.05) is 25.3 Å². The van der Waals surface area contributed by atoms with E-state index in [-0.39, 0.29) is 0 Å². The fourth-order valence-corrected chi connectivity index (χ4v) is 2.39. The van der Waals surface area contributed by atoms with Gasteiger partial charge in [0.25, 0.3) is 0 Å². The Bertz CT molecular complexity index is 194. The Morgan fingerprint density at radius 2 is 2.20 bits per heavy atom. The molecule has 0 spiro atoms. The summed E-state index contributed by atoms with van der Waals surface area (Å²) in [5, 5.41) is 3.64. The lowest BCUT2D eigenvalue weighted by atomic mass is 10.1. The first kappa shape index (κ1) is 11.4. The molecule has 3 atom stereocenters. The summed E-state index contributed by atoms with van der Waals surface area (Å²) in [6, 6.07) is 1.01. The molecule has 1 saturated carbocycles. The zero-order chi connectivity index (χ0) is 10.7. The Morgan fingerprint density at radius 3 is 2.87 bits per heavy atom. The van der Waals surface area contributed by atoms with Crippen molar-refractivity contribution in [2.75, 3.05) is 19.8 Å². The van der Waals surface area contributed by atoms with Crippen molar-refractivity contribution in [3.8, 4) is 0 Å². The molecule has 0 aromatic carbocycles. The molecule has 1 N–H and O–H groups in total. The number of ether oxygens (including phenoxy) is 2. The summed E-state index contributed by atoms with van der Waals surface area (Å²) >= 11 is 0. The summed E-state index contributed by atoms with van der Waals surface area (Å²) in [5.41, 5.74) is 0. The predicted octanol–water partition coefficient (Wildman–Crippen LogP) is 1.57. The van der Waals surface area contributed by atoms with Crippen molar-refractivity contribution in [2.24, 2.45) is 5.92 Å². The van der Waals surface area contributed by atoms with E-state index in [1.165, 1.54) is 12.8 Å². The van der Waals surface area contributed by atoms with E-state index in [0.717, 1.165) is 32.2 Å². The van der Waals surface area contributed by atoms with Crippen molar-refractivity contribution in [2.45, 2.75) is 51.3 Å². The number of nitrogens with one attached hydrogen (secondary N) is 1. The van der Waals surface area contributed by atoms with Gasteiger partial charge >= 0.3 is 0 Å². The van der Waals surface area contributed by atoms with Gasteiger partial charge in [-0.15, -0.1) is 0 Å². The molecule has 3 nitrogen and oxygen atoms in total. The minimum Gasteiger partial charge on any atom is -0.380 e. The van der Waals surface area contributed by atoms with Crippen LogP contribution in [0.15, 0.2) is 0 Å². The second kappa shape index (κ2) is 5.28. The maximum absolute atomic E-state index is 5.79. The fraction of sp³-hybridized carbons (Fsp3) is 1.00. The highest BCUT2D eigenvalue weighted by molar-refractivity contribution is 4.94. The van der Waals surface area contributed by atoms with Gasteiger partial charge in [-0.05, 0) is 39.0 Å². The third-order valence-corrected chi connectivity index (χ3v) is 3.29. The first-order chi connectivity index (χ1) is 7.31. The van der Waals surface area contributed by atoms with Gasteiger partial charge in [-0.1, -0.05) is 0 Å². The van der Waals surface area contributed by atoms with E-state index in [1.807, 2.05) is 6.92 Å². The highest BCUT2D eigenvalue weighted by atomic mass is 16.5. The molecule has 3 heteroatoms. The summed E-state index contributed by atoms with van der Waals surface area (Å²) < 4.78 is 11.2. The lowest BCUT2D eigenvalue weighted by molar-refractivity contribution is 0.0719. The lowest BCUT2D eigenvalue weighted by Crippen LogP contribution is -2.44. The molecule has 0 aromatic rings. The first-order valence-corrected chi connectivity index (χ1v) is 6.26. The van der Waals surface area contributed by atoms with Crippen LogP contribution in [0.2, 0.25) is 0 Å². The van der Waals surface area contributed by atoms with Gasteiger partial charge in [-0.2, -0.15) is 0 Å². The van der Waals surface area contributed by atoms with E-state index in [2.05, 4.69) is 12.2 Å². The highest BCUT2D eigenvalue weighted by Crippen LogP contribution is 2.38. The van der Waals surface area contributed by atoms with Crippen LogP contribution >= 0.6 is 0 Å². The average molecular weight is 213 g/mol. The molecule has 1 saturated heterocycles. The van der Waals surface area contributed by atoms with Gasteiger partial charge in [-0.25, -0.2) is 0 Å². The van der Waals surface area contributed by atoms with Crippen LogP contribution in [-0.4, -0.2) is 38.0 Å². The second-order valence-electron chi connectivity index (χ2n) is 4.80. The molecule has 0 amide bonds. The molecule has 1 aliphatic carbocycles. The van der Waals surface area contributed by atoms with E-state index in [0.29, 0.717) is 18.2 Å². The Balaban J connectivity index is 1.72. The highest BCUT2D eigenvalue weighted by Gasteiger charge is 2.40. The monoisotopic (exact) mass is 213 g/mol. The van der Waals surface area contributed by atoms with E-state index in [1.54, 1.807) is 0 Å². The van der Waals surface area contributed by atoms with Crippen molar-refractivity contribution >= 4 is 0 Å². The zero-order valence-electron chi connectivity index (χ0n) is 9.87. The van der Waals surface area contributed by atoms with Crippen LogP contribution in [0.4, 0.5) is 0 Å². The van der Waals surface area contributed by atoms with E-state index in [4.69, 9.17) is 9.47 Å². The van der Waals surface area contributed by atoms with Crippen LogP contribution < -0.4 is 5.32 Å². The number of rotatable bonds is 6. The summed E-state index contributed by atoms with van der Waals surface area (Å²) in [6.07, 6.45) is 4.37. The van der Waals surface area contributed by atoms with E-state index in [9.17, 15) is 0 Å². The molecular formula is C12H23NO2. The van der Waals surface area contributed by atoms with Gasteiger partial charge < -0.3 is 14.8 Å². The minimum atomic E-state index is 0.442. The third kappa shape index (κ3) is 3.16. The zero-order valence-corrected chi connectivity index (χ0v) is 9.87. The molecule has 3 unspecified atom stereocenters. The van der Waals surface area contributed by atoms with Gasteiger partial charge in [0.05, 0.1) is 12.7 Å². The molecule has 1 heterocycles. The van der Waals surface area contributed by atoms with Gasteiger partial charge in [0.1, 0.15) is 0 Å². The molecular weight excluding hydrogens is 190 g/mol. The Hall–Kier alpha value is -0.120. The van der Waals surface area contributed by atoms with Crippen LogP contribution in [0.25, 0.3) is 0 Å². The fourth-order valence-electron chi connectivity index (χ4n) is 2.39. The van der Waals surface area contributed by atoms with Crippen molar-refractivity contribution in [1.82, 2.24) is 5.32 Å². The lowest BCUT2D eigenvalue weighted by Gasteiger charge is -2.23. The number of hydrogen-bond acceptors (Lipinski definition) is 3. The molecule has 15 heavy (non-hydrogen) atoms. The Morgan fingerprint density at radius 1 is 1.40 bits per heavy atom. The molecule has 0 radical (unpaired) electrons. The van der Waals surface area contributed by atoms with E-state index < -0.39 is 0 Å². The van der Waals surface area contributed by atoms with Crippen LogP contribution in [0.5, 0.6) is 0 Å². The predicted molar refractivity (Wildman–Crippen MR) is 60.0 cm³/mol. The van der Waals surface area contributed by atoms with Gasteiger partial charge in [-0.3, -0.25) is 0 Å². The summed E-state index contributed by atoms with van der Waals surface area (Å²) in [5.74, 6) is 0.837. The molecule has 2 aliphatic rings. The summed E-state index contributed by atoms with van der Waals surface area (Å²) in [4.78, 5) is 0. The van der Waals surface area contributed by atoms with E-state index >= 15 is 0 Å². The normalized spacial score (nSPS) is 33.2. The van der Waals surface area contributed by atoms with Gasteiger partial charge in [0.15, 0.2) is 0 Å². The van der Waals surface area contributed by atoms with Gasteiger partial charge in [0.2, 0.25) is 0 Å². The maximum atomic E-state index is 5.79. The molecule has 0 bridgehead atoms. The average Bonchev–Trinajstić information content (AvgIpc) is 2.97. The smallest absolute Gasteiger partial charge is 0.0757 e. The molecule has 88 valence electrons. The standard InChI is InChI=1S/C12H23NO2/c1-3-14-8-9(2)13-11-6-7-15-12(11)10-4-5-10/h9-13H,3-8H2,1-2H3. The first-order valence-electron chi connectivity index (χ1n) is 6.26. The summed E-state index contributed by atoms with van der Waals surface area (Å²) in [6.45, 7) is 6.78. The topological polar surface area (TPSA) is 30.5 Å². The van der Waals surface area contributed by atoms with Crippen molar-refractivity contribution < 1.29 is 9.47 Å². The molecule has 2 rings (SSSR count). The molecule has 1 aliphatic heterocycles. The Labute approximate surface area is 92.5 Å². The minimum absolute atomic E-state index is 0.442. The second-order valence-corrected chi connectivity index (χ2v) is 4.80. The van der Waals surface area contributed by atoms with Crippen LogP contribution in [-0.2, 0) is 9.47 Å². The van der Waals surface area contributed by atoms with Crippen LogP contribution in [0.1, 0.15) is 33.1 Å². The molecule has 2 fully saturated rings. The quantitative estimate of drug-likeness (QED) is 0.726. The Kier molecular flexibility index (Phi) is 4.00.